The minimum Gasteiger partial charge on any atom is -0.288 e. The van der Waals surface area contributed by atoms with Crippen LogP contribution in [-0.4, -0.2) is 10.9 Å². The summed E-state index contributed by atoms with van der Waals surface area (Å²) in [6.07, 6.45) is 4.44. The lowest BCUT2D eigenvalue weighted by Gasteiger charge is -1.99. The molecule has 0 aliphatic rings. The highest BCUT2D eigenvalue weighted by molar-refractivity contribution is 8.13. The molecule has 0 amide bonds. The van der Waals surface area contributed by atoms with Crippen molar-refractivity contribution in [2.45, 2.75) is 20.3 Å². The summed E-state index contributed by atoms with van der Waals surface area (Å²) < 4.78 is 13.5. The fourth-order valence-electron chi connectivity index (χ4n) is 1.28. The molecule has 0 heterocycles. The van der Waals surface area contributed by atoms with Crippen LogP contribution in [0.5, 0.6) is 0 Å². The van der Waals surface area contributed by atoms with Crippen LogP contribution in [0.3, 0.4) is 0 Å². The molecule has 0 saturated carbocycles. The third kappa shape index (κ3) is 4.19. The van der Waals surface area contributed by atoms with Gasteiger partial charge in [0.2, 0.25) is 0 Å². The molecule has 0 radical (unpaired) electrons. The molecule has 0 aliphatic carbocycles. The Morgan fingerprint density at radius 1 is 1.50 bits per heavy atom. The molecule has 0 bridgehead atoms. The highest BCUT2D eigenvalue weighted by Crippen LogP contribution is 2.14. The number of halogens is 1. The second-order valence-electron chi connectivity index (χ2n) is 3.51. The van der Waals surface area contributed by atoms with Gasteiger partial charge < -0.3 is 0 Å². The van der Waals surface area contributed by atoms with Crippen molar-refractivity contribution in [3.05, 3.63) is 41.2 Å². The largest absolute Gasteiger partial charge is 0.288 e. The molecule has 1 aromatic rings. The summed E-state index contributed by atoms with van der Waals surface area (Å²) in [5.74, 6) is 0.581. The minimum absolute atomic E-state index is 0.120. The van der Waals surface area contributed by atoms with E-state index >= 15 is 0 Å². The van der Waals surface area contributed by atoms with Crippen molar-refractivity contribution < 1.29 is 9.18 Å². The van der Waals surface area contributed by atoms with Gasteiger partial charge in [-0.25, -0.2) is 4.39 Å². The normalized spacial score (nSPS) is 10.9. The Hall–Kier alpha value is -1.09. The number of allylic oxidation sites excluding steroid dienone is 1. The van der Waals surface area contributed by atoms with Gasteiger partial charge in [0.1, 0.15) is 5.82 Å². The zero-order valence-electron chi connectivity index (χ0n) is 9.50. The van der Waals surface area contributed by atoms with Crippen LogP contribution in [0.1, 0.15) is 24.5 Å². The number of carbonyl (C=O) groups excluding carboxylic acids is 1. The lowest BCUT2D eigenvalue weighted by atomic mass is 10.1. The molecule has 86 valence electrons. The Bertz CT molecular complexity index is 399. The first-order valence-corrected chi connectivity index (χ1v) is 6.15. The van der Waals surface area contributed by atoms with Gasteiger partial charge in [-0.2, -0.15) is 0 Å². The van der Waals surface area contributed by atoms with Crippen LogP contribution in [0.15, 0.2) is 24.3 Å². The van der Waals surface area contributed by atoms with Crippen molar-refractivity contribution in [2.24, 2.45) is 0 Å². The second-order valence-corrected chi connectivity index (χ2v) is 4.78. The summed E-state index contributed by atoms with van der Waals surface area (Å²) in [5, 5.41) is 0.120. The van der Waals surface area contributed by atoms with Crippen LogP contribution in [0.25, 0.3) is 6.08 Å². The van der Waals surface area contributed by atoms with Crippen LogP contribution in [-0.2, 0) is 4.79 Å². The van der Waals surface area contributed by atoms with Crippen molar-refractivity contribution in [3.63, 3.8) is 0 Å². The van der Waals surface area contributed by atoms with E-state index < -0.39 is 0 Å². The molecule has 1 nitrogen and oxygen atoms in total. The number of hydrogen-bond donors (Lipinski definition) is 0. The van der Waals surface area contributed by atoms with Gasteiger partial charge in [-0.3, -0.25) is 4.79 Å². The number of carbonyl (C=O) groups is 1. The summed E-state index contributed by atoms with van der Waals surface area (Å²) in [6.45, 7) is 3.30. The van der Waals surface area contributed by atoms with Gasteiger partial charge in [-0.1, -0.05) is 42.1 Å². The fraction of sp³-hybridized carbons (Fsp3) is 0.308. The van der Waals surface area contributed by atoms with Crippen LogP contribution in [0.4, 0.5) is 4.39 Å². The van der Waals surface area contributed by atoms with Gasteiger partial charge in [-0.15, -0.1) is 0 Å². The summed E-state index contributed by atoms with van der Waals surface area (Å²) >= 11 is 1.29. The van der Waals surface area contributed by atoms with Crippen LogP contribution in [0.2, 0.25) is 0 Å². The van der Waals surface area contributed by atoms with Gasteiger partial charge in [0.05, 0.1) is 0 Å². The molecule has 0 saturated heterocycles. The first kappa shape index (κ1) is 13.0. The van der Waals surface area contributed by atoms with Gasteiger partial charge in [0.15, 0.2) is 5.12 Å². The molecule has 0 spiro atoms. The van der Waals surface area contributed by atoms with Gasteiger partial charge in [-0.05, 0) is 18.9 Å². The Kier molecular flexibility index (Phi) is 5.26. The van der Waals surface area contributed by atoms with Crippen molar-refractivity contribution in [2.75, 3.05) is 5.75 Å². The summed E-state index contributed by atoms with van der Waals surface area (Å²) in [7, 11) is 0. The average Bonchev–Trinajstić information content (AvgIpc) is 2.23. The SMILES string of the molecule is CC(=O)SCCC=Cc1cccc(C)c1F. The molecule has 1 rings (SSSR count). The summed E-state index contributed by atoms with van der Waals surface area (Å²) in [6, 6.07) is 5.33. The molecule has 1 aromatic carbocycles. The van der Waals surface area contributed by atoms with E-state index in [9.17, 15) is 9.18 Å². The fourth-order valence-corrected chi connectivity index (χ4v) is 1.82. The van der Waals surface area contributed by atoms with Crippen molar-refractivity contribution >= 4 is 23.0 Å². The second kappa shape index (κ2) is 6.48. The van der Waals surface area contributed by atoms with Crippen LogP contribution >= 0.6 is 11.8 Å². The molecule has 0 N–H and O–H groups in total. The molecule has 0 fully saturated rings. The number of benzene rings is 1. The van der Waals surface area contributed by atoms with Gasteiger partial charge in [0, 0.05) is 18.2 Å². The van der Waals surface area contributed by atoms with Crippen LogP contribution in [0, 0.1) is 12.7 Å². The lowest BCUT2D eigenvalue weighted by molar-refractivity contribution is -0.109. The number of rotatable bonds is 4. The molecular formula is C13H15FOS. The topological polar surface area (TPSA) is 17.1 Å². The summed E-state index contributed by atoms with van der Waals surface area (Å²) in [5.41, 5.74) is 1.26. The lowest BCUT2D eigenvalue weighted by Crippen LogP contribution is -1.87. The quantitative estimate of drug-likeness (QED) is 0.742. The predicted octanol–water partition coefficient (Wildman–Crippen LogP) is 3.82. The van der Waals surface area contributed by atoms with Gasteiger partial charge in [0.25, 0.3) is 0 Å². The van der Waals surface area contributed by atoms with Crippen LogP contribution < -0.4 is 0 Å². The third-order valence-electron chi connectivity index (χ3n) is 2.11. The Morgan fingerprint density at radius 2 is 2.25 bits per heavy atom. The number of aryl methyl sites for hydroxylation is 1. The first-order valence-electron chi connectivity index (χ1n) is 5.16. The molecular weight excluding hydrogens is 223 g/mol. The average molecular weight is 238 g/mol. The molecule has 0 aromatic heterocycles. The first-order chi connectivity index (χ1) is 7.61. The van der Waals surface area contributed by atoms with Crippen molar-refractivity contribution in [1.29, 1.82) is 0 Å². The zero-order chi connectivity index (χ0) is 12.0. The highest BCUT2D eigenvalue weighted by Gasteiger charge is 2.00. The van der Waals surface area contributed by atoms with Gasteiger partial charge >= 0.3 is 0 Å². The van der Waals surface area contributed by atoms with E-state index in [4.69, 9.17) is 0 Å². The zero-order valence-corrected chi connectivity index (χ0v) is 10.3. The van der Waals surface area contributed by atoms with E-state index in [-0.39, 0.29) is 10.9 Å². The van der Waals surface area contributed by atoms with E-state index in [2.05, 4.69) is 0 Å². The molecule has 16 heavy (non-hydrogen) atoms. The molecule has 0 atom stereocenters. The third-order valence-corrected chi connectivity index (χ3v) is 2.96. The van der Waals surface area contributed by atoms with Crippen molar-refractivity contribution in [3.8, 4) is 0 Å². The van der Waals surface area contributed by atoms with E-state index in [1.165, 1.54) is 11.8 Å². The smallest absolute Gasteiger partial charge is 0.185 e. The Morgan fingerprint density at radius 3 is 2.94 bits per heavy atom. The minimum atomic E-state index is -0.169. The van der Waals surface area contributed by atoms with Crippen molar-refractivity contribution in [1.82, 2.24) is 0 Å². The van der Waals surface area contributed by atoms with E-state index in [1.54, 1.807) is 32.1 Å². The maximum atomic E-state index is 13.5. The Balaban J connectivity index is 2.50. The molecule has 0 aliphatic heterocycles. The summed E-state index contributed by atoms with van der Waals surface area (Å²) in [4.78, 5) is 10.7. The van der Waals surface area contributed by atoms with E-state index in [0.717, 1.165) is 12.2 Å². The number of hydrogen-bond acceptors (Lipinski definition) is 2. The maximum absolute atomic E-state index is 13.5. The predicted molar refractivity (Wildman–Crippen MR) is 67.9 cm³/mol. The standard InChI is InChI=1S/C13H15FOS/c1-10-6-5-8-12(13(10)14)7-3-4-9-16-11(2)15/h3,5-8H,4,9H2,1-2H3. The Labute approximate surface area is 99.7 Å². The number of thioether (sulfide) groups is 1. The molecule has 0 unspecified atom stereocenters. The van der Waals surface area contributed by atoms with E-state index in [1.807, 2.05) is 12.1 Å². The highest BCUT2D eigenvalue weighted by atomic mass is 32.2. The monoisotopic (exact) mass is 238 g/mol. The molecule has 3 heteroatoms. The maximum Gasteiger partial charge on any atom is 0.185 e. The van der Waals surface area contributed by atoms with E-state index in [0.29, 0.717) is 11.1 Å².